The number of halogens is 5. The van der Waals surface area contributed by atoms with Crippen molar-refractivity contribution in [3.63, 3.8) is 0 Å². The predicted molar refractivity (Wildman–Crippen MR) is 156 cm³/mol. The highest BCUT2D eigenvalue weighted by Crippen LogP contribution is 2.38. The number of amides is 1. The van der Waals surface area contributed by atoms with Crippen molar-refractivity contribution in [2.75, 3.05) is 51.3 Å². The number of hydrogen-bond donors (Lipinski definition) is 0. The molecular formula is C30H27ClF4N6O2. The highest BCUT2D eigenvalue weighted by atomic mass is 35.5. The Hall–Kier alpha value is -4.03. The number of pyridine rings is 1. The lowest BCUT2D eigenvalue weighted by molar-refractivity contribution is -0.128. The average molecular weight is 615 g/mol. The van der Waals surface area contributed by atoms with E-state index in [-0.39, 0.29) is 85.0 Å². The molecule has 2 aromatic heterocycles. The van der Waals surface area contributed by atoms with Gasteiger partial charge in [-0.1, -0.05) is 42.4 Å². The number of likely N-dealkylation sites (N-methyl/N-ethyl adjacent to an activating group) is 1. The highest BCUT2D eigenvalue weighted by molar-refractivity contribution is 6.36. The second-order valence-corrected chi connectivity index (χ2v) is 11.1. The lowest BCUT2D eigenvalue weighted by Gasteiger charge is -2.35. The number of fused-ring (bicyclic) bond motifs is 2. The van der Waals surface area contributed by atoms with Crippen LogP contribution in [0.15, 0.2) is 48.9 Å². The summed E-state index contributed by atoms with van der Waals surface area (Å²) in [5, 5.41) is 1.04. The number of anilines is 1. The summed E-state index contributed by atoms with van der Waals surface area (Å²) in [5.74, 6) is -2.95. The molecule has 0 radical (unpaired) electrons. The van der Waals surface area contributed by atoms with Crippen LogP contribution in [0.1, 0.15) is 6.42 Å². The first-order chi connectivity index (χ1) is 20.6. The molecule has 0 N–H and O–H groups in total. The lowest BCUT2D eigenvalue weighted by atomic mass is 10.0. The SMILES string of the molecule is C=C(F)C(=O)N1CCN(c2nc(OCC3CC(F)CN3C)nc3c(F)c(-c4cccc5ccc(F)c(Cl)c45)ncc23)CC1. The van der Waals surface area contributed by atoms with Crippen molar-refractivity contribution in [1.82, 2.24) is 24.8 Å². The summed E-state index contributed by atoms with van der Waals surface area (Å²) in [6.45, 7) is 4.34. The molecule has 4 aromatic rings. The maximum Gasteiger partial charge on any atom is 0.319 e. The maximum atomic E-state index is 16.4. The van der Waals surface area contributed by atoms with E-state index in [9.17, 15) is 18.0 Å². The van der Waals surface area contributed by atoms with Crippen LogP contribution in [0.4, 0.5) is 23.4 Å². The summed E-state index contributed by atoms with van der Waals surface area (Å²) < 4.78 is 64.2. The van der Waals surface area contributed by atoms with Crippen LogP contribution >= 0.6 is 11.6 Å². The third kappa shape index (κ3) is 5.45. The summed E-state index contributed by atoms with van der Waals surface area (Å²) >= 11 is 6.32. The van der Waals surface area contributed by atoms with E-state index in [2.05, 4.69) is 21.5 Å². The van der Waals surface area contributed by atoms with Crippen molar-refractivity contribution in [3.05, 3.63) is 65.6 Å². The standard InChI is InChI=1S/C30H27ClF4N6O2/c1-16(32)29(42)41-10-8-40(9-11-41)28-21-13-36-26(20-5-3-4-17-6-7-22(34)24(31)23(17)20)25(35)27(21)37-30(38-28)43-15-19-12-18(33)14-39(19)2/h3-7,13,18-19H,1,8-12,14-15H2,2H3. The quantitative estimate of drug-likeness (QED) is 0.215. The van der Waals surface area contributed by atoms with E-state index in [1.54, 1.807) is 31.3 Å². The molecular weight excluding hydrogens is 588 g/mol. The lowest BCUT2D eigenvalue weighted by Crippen LogP contribution is -2.49. The van der Waals surface area contributed by atoms with Gasteiger partial charge in [-0.15, -0.1) is 0 Å². The topological polar surface area (TPSA) is 74.7 Å². The van der Waals surface area contributed by atoms with Crippen LogP contribution in [0.2, 0.25) is 5.02 Å². The number of hydrogen-bond acceptors (Lipinski definition) is 7. The number of benzene rings is 2. The summed E-state index contributed by atoms with van der Waals surface area (Å²) in [5.41, 5.74) is 0.103. The first kappa shape index (κ1) is 29.1. The summed E-state index contributed by atoms with van der Waals surface area (Å²) in [6.07, 6.45) is 0.737. The van der Waals surface area contributed by atoms with Crippen molar-refractivity contribution < 1.29 is 27.1 Å². The molecule has 0 spiro atoms. The van der Waals surface area contributed by atoms with Crippen LogP contribution < -0.4 is 9.64 Å². The molecule has 0 saturated carbocycles. The molecule has 0 aliphatic carbocycles. The maximum absolute atomic E-state index is 16.4. The molecule has 2 aliphatic heterocycles. The van der Waals surface area contributed by atoms with Gasteiger partial charge in [0.2, 0.25) is 0 Å². The molecule has 6 rings (SSSR count). The Labute approximate surface area is 249 Å². The number of ether oxygens (including phenoxy) is 1. The van der Waals surface area contributed by atoms with E-state index in [1.165, 1.54) is 17.2 Å². The first-order valence-electron chi connectivity index (χ1n) is 13.7. The zero-order valence-electron chi connectivity index (χ0n) is 23.2. The van der Waals surface area contributed by atoms with Crippen molar-refractivity contribution in [1.29, 1.82) is 0 Å². The summed E-state index contributed by atoms with van der Waals surface area (Å²) in [6, 6.07) is 7.49. The number of carbonyl (C=O) groups is 1. The van der Waals surface area contributed by atoms with Crippen molar-refractivity contribution in [2.24, 2.45) is 0 Å². The van der Waals surface area contributed by atoms with E-state index in [0.29, 0.717) is 16.6 Å². The van der Waals surface area contributed by atoms with Crippen molar-refractivity contribution >= 4 is 45.0 Å². The van der Waals surface area contributed by atoms with Gasteiger partial charge < -0.3 is 14.5 Å². The van der Waals surface area contributed by atoms with Crippen molar-refractivity contribution in [2.45, 2.75) is 18.6 Å². The predicted octanol–water partition coefficient (Wildman–Crippen LogP) is 5.33. The number of carbonyl (C=O) groups excluding carboxylic acids is 1. The van der Waals surface area contributed by atoms with E-state index in [4.69, 9.17) is 16.3 Å². The van der Waals surface area contributed by atoms with Gasteiger partial charge in [-0.2, -0.15) is 9.97 Å². The molecule has 0 bridgehead atoms. The summed E-state index contributed by atoms with van der Waals surface area (Å²) in [4.78, 5) is 30.4. The second kappa shape index (κ2) is 11.6. The third-order valence-corrected chi connectivity index (χ3v) is 8.34. The smallest absolute Gasteiger partial charge is 0.319 e. The zero-order valence-corrected chi connectivity index (χ0v) is 23.9. The van der Waals surface area contributed by atoms with Gasteiger partial charge in [-0.3, -0.25) is 14.7 Å². The normalized spacial score (nSPS) is 19.4. The number of likely N-dealkylation sites (tertiary alicyclic amines) is 1. The van der Waals surface area contributed by atoms with Crippen LogP contribution in [0.25, 0.3) is 32.9 Å². The number of alkyl halides is 1. The number of piperazine rings is 1. The van der Waals surface area contributed by atoms with Gasteiger partial charge in [0.05, 0.1) is 10.4 Å². The van der Waals surface area contributed by atoms with Gasteiger partial charge in [-0.05, 0) is 24.9 Å². The molecule has 4 heterocycles. The van der Waals surface area contributed by atoms with Crippen LogP contribution in [0, 0.1) is 11.6 Å². The molecule has 2 aromatic carbocycles. The van der Waals surface area contributed by atoms with Gasteiger partial charge in [0.25, 0.3) is 5.91 Å². The van der Waals surface area contributed by atoms with Gasteiger partial charge in [-0.25, -0.2) is 17.6 Å². The van der Waals surface area contributed by atoms with Crippen LogP contribution in [-0.4, -0.2) is 89.3 Å². The number of aromatic nitrogens is 3. The van der Waals surface area contributed by atoms with E-state index >= 15 is 4.39 Å². The molecule has 8 nitrogen and oxygen atoms in total. The Morgan fingerprint density at radius 3 is 2.60 bits per heavy atom. The average Bonchev–Trinajstić information content (AvgIpc) is 3.33. The fraction of sp³-hybridized carbons (Fsp3) is 0.333. The Morgan fingerprint density at radius 2 is 1.91 bits per heavy atom. The summed E-state index contributed by atoms with van der Waals surface area (Å²) in [7, 11) is 1.79. The van der Waals surface area contributed by atoms with Crippen LogP contribution in [0.5, 0.6) is 6.01 Å². The molecule has 2 unspecified atom stereocenters. The third-order valence-electron chi connectivity index (χ3n) is 7.97. The molecule has 224 valence electrons. The monoisotopic (exact) mass is 614 g/mol. The molecule has 2 fully saturated rings. The van der Waals surface area contributed by atoms with Gasteiger partial charge >= 0.3 is 6.01 Å². The van der Waals surface area contributed by atoms with Crippen LogP contribution in [-0.2, 0) is 4.79 Å². The minimum Gasteiger partial charge on any atom is -0.462 e. The minimum absolute atomic E-state index is 0.0839. The largest absolute Gasteiger partial charge is 0.462 e. The second-order valence-electron chi connectivity index (χ2n) is 10.7. The molecule has 2 aliphatic rings. The van der Waals surface area contributed by atoms with E-state index < -0.39 is 29.5 Å². The Kier molecular flexibility index (Phi) is 7.82. The minimum atomic E-state index is -1.05. The number of nitrogens with zero attached hydrogens (tertiary/aromatic N) is 6. The van der Waals surface area contributed by atoms with E-state index in [0.717, 1.165) is 0 Å². The first-order valence-corrected chi connectivity index (χ1v) is 14.1. The van der Waals surface area contributed by atoms with Gasteiger partial charge in [0.15, 0.2) is 11.6 Å². The molecule has 13 heteroatoms. The van der Waals surface area contributed by atoms with Gasteiger partial charge in [0.1, 0.15) is 35.6 Å². The van der Waals surface area contributed by atoms with Gasteiger partial charge in [0, 0.05) is 55.9 Å². The highest BCUT2D eigenvalue weighted by Gasteiger charge is 2.31. The van der Waals surface area contributed by atoms with Crippen molar-refractivity contribution in [3.8, 4) is 17.3 Å². The molecule has 2 atom stereocenters. The number of rotatable bonds is 6. The Bertz CT molecular complexity index is 1750. The fourth-order valence-corrected chi connectivity index (χ4v) is 5.97. The zero-order chi connectivity index (χ0) is 30.4. The molecule has 1 amide bonds. The van der Waals surface area contributed by atoms with E-state index in [1.807, 2.05) is 9.80 Å². The fourth-order valence-electron chi connectivity index (χ4n) is 5.69. The van der Waals surface area contributed by atoms with Crippen LogP contribution in [0.3, 0.4) is 0 Å². The Balaban J connectivity index is 1.43. The molecule has 2 saturated heterocycles. The Morgan fingerprint density at radius 1 is 1.14 bits per heavy atom. The molecule has 43 heavy (non-hydrogen) atoms.